The number of hydrogen-bond donors (Lipinski definition) is 3. The molecule has 0 saturated carbocycles. The SMILES string of the molecule is CC(C)c1cc(Cl)nc(NC(=O)c2cc(C(C)C)nc(NC(O)=C3C=CC=C3)n2)n1.[Fe].c1cc[cH-]c1. The molecule has 0 bridgehead atoms. The number of carbonyl (C=O) groups excluding carboxylic acids is 1. The third-order valence-corrected chi connectivity index (χ3v) is 5.02. The van der Waals surface area contributed by atoms with Crippen molar-refractivity contribution in [3.05, 3.63) is 100 Å². The van der Waals surface area contributed by atoms with Crippen molar-refractivity contribution < 1.29 is 27.0 Å². The summed E-state index contributed by atoms with van der Waals surface area (Å²) in [4.78, 5) is 29.8. The molecule has 190 valence electrons. The van der Waals surface area contributed by atoms with E-state index >= 15 is 0 Å². The molecule has 8 nitrogen and oxygen atoms in total. The fourth-order valence-electron chi connectivity index (χ4n) is 2.92. The van der Waals surface area contributed by atoms with Crippen LogP contribution >= 0.6 is 11.6 Å². The first kappa shape index (κ1) is 28.8. The first-order valence-electron chi connectivity index (χ1n) is 11.2. The Morgan fingerprint density at radius 2 is 1.44 bits per heavy atom. The molecule has 1 aromatic carbocycles. The Morgan fingerprint density at radius 1 is 0.889 bits per heavy atom. The molecule has 4 rings (SSSR count). The molecular formula is C26H28ClFeN6O2-. The van der Waals surface area contributed by atoms with E-state index in [-0.39, 0.29) is 57.5 Å². The molecule has 3 aromatic rings. The van der Waals surface area contributed by atoms with Crippen molar-refractivity contribution in [1.82, 2.24) is 19.9 Å². The monoisotopic (exact) mass is 547 g/mol. The normalized spacial score (nSPS) is 11.7. The number of hydrogen-bond acceptors (Lipinski definition) is 7. The van der Waals surface area contributed by atoms with Crippen LogP contribution in [0.3, 0.4) is 0 Å². The van der Waals surface area contributed by atoms with Gasteiger partial charge in [-0.1, -0.05) is 51.4 Å². The number of aliphatic hydroxyl groups is 1. The fourth-order valence-corrected chi connectivity index (χ4v) is 3.11. The number of aliphatic hydroxyl groups excluding tert-OH is 1. The van der Waals surface area contributed by atoms with Gasteiger partial charge < -0.3 is 5.11 Å². The number of rotatable bonds is 6. The third kappa shape index (κ3) is 8.37. The molecule has 1 aliphatic rings. The Morgan fingerprint density at radius 3 is 1.97 bits per heavy atom. The number of halogens is 1. The molecule has 0 radical (unpaired) electrons. The number of anilines is 2. The zero-order valence-electron chi connectivity index (χ0n) is 20.4. The van der Waals surface area contributed by atoms with E-state index in [4.69, 9.17) is 11.6 Å². The van der Waals surface area contributed by atoms with Crippen molar-refractivity contribution in [2.75, 3.05) is 10.6 Å². The van der Waals surface area contributed by atoms with Gasteiger partial charge in [0.05, 0.1) is 5.69 Å². The predicted molar refractivity (Wildman–Crippen MR) is 139 cm³/mol. The largest absolute Gasteiger partial charge is 0.494 e. The molecule has 0 spiro atoms. The zero-order valence-corrected chi connectivity index (χ0v) is 22.2. The molecule has 36 heavy (non-hydrogen) atoms. The van der Waals surface area contributed by atoms with E-state index in [1.165, 1.54) is 0 Å². The van der Waals surface area contributed by atoms with Crippen molar-refractivity contribution in [1.29, 1.82) is 0 Å². The molecule has 0 saturated heterocycles. The van der Waals surface area contributed by atoms with Gasteiger partial charge in [-0.2, -0.15) is 18.2 Å². The number of amides is 1. The second-order valence-corrected chi connectivity index (χ2v) is 8.70. The third-order valence-electron chi connectivity index (χ3n) is 4.82. The minimum absolute atomic E-state index is 0. The van der Waals surface area contributed by atoms with Gasteiger partial charge in [0.25, 0.3) is 5.91 Å². The van der Waals surface area contributed by atoms with Crippen LogP contribution in [0.25, 0.3) is 0 Å². The Kier molecular flexibility index (Phi) is 10.9. The fraction of sp³-hybridized carbons (Fsp3) is 0.231. The van der Waals surface area contributed by atoms with E-state index in [1.807, 2.05) is 58.0 Å². The summed E-state index contributed by atoms with van der Waals surface area (Å²) in [6, 6.07) is 13.3. The summed E-state index contributed by atoms with van der Waals surface area (Å²) in [5.41, 5.74) is 2.06. The van der Waals surface area contributed by atoms with E-state index in [0.717, 1.165) is 0 Å². The molecule has 3 N–H and O–H groups in total. The standard InChI is InChI=1S/C21H23ClN6O2.C5H5.Fe/c1-11(2)14-9-16(25-20(23-14)27-18(29)13-7-5-6-8-13)19(30)28-21-24-15(12(3)4)10-17(22)26-21;1-2-4-5-3-1;/h5-12,29H,1-4H3,(H,23,25,27)(H,24,26,28,30);1-5H;/q;-1;. The van der Waals surface area contributed by atoms with Crippen molar-refractivity contribution in [2.45, 2.75) is 39.5 Å². The van der Waals surface area contributed by atoms with Crippen LogP contribution in [0.15, 0.2) is 78.2 Å². The first-order chi connectivity index (χ1) is 16.7. The second-order valence-electron chi connectivity index (χ2n) is 8.31. The second kappa shape index (κ2) is 13.6. The molecule has 0 aliphatic heterocycles. The number of nitrogens with zero attached hydrogens (tertiary/aromatic N) is 4. The summed E-state index contributed by atoms with van der Waals surface area (Å²) in [6.07, 6.45) is 7.08. The minimum Gasteiger partial charge on any atom is -0.494 e. The van der Waals surface area contributed by atoms with Gasteiger partial charge in [-0.15, -0.1) is 0 Å². The molecule has 0 fully saturated rings. The number of aromatic nitrogens is 4. The van der Waals surface area contributed by atoms with E-state index in [9.17, 15) is 9.90 Å². The molecular weight excluding hydrogens is 520 g/mol. The first-order valence-corrected chi connectivity index (χ1v) is 11.6. The minimum atomic E-state index is -0.507. The Labute approximate surface area is 226 Å². The van der Waals surface area contributed by atoms with Gasteiger partial charge in [0.15, 0.2) is 5.88 Å². The predicted octanol–water partition coefficient (Wildman–Crippen LogP) is 6.13. The molecule has 1 aliphatic carbocycles. The van der Waals surface area contributed by atoms with Crippen LogP contribution in [-0.4, -0.2) is 30.9 Å². The molecule has 2 aromatic heterocycles. The van der Waals surface area contributed by atoms with Gasteiger partial charge in [0, 0.05) is 28.3 Å². The summed E-state index contributed by atoms with van der Waals surface area (Å²) < 4.78 is 0. The average Bonchev–Trinajstić information content (AvgIpc) is 3.55. The number of carbonyl (C=O) groups is 1. The van der Waals surface area contributed by atoms with Gasteiger partial charge in [0.1, 0.15) is 10.8 Å². The van der Waals surface area contributed by atoms with Crippen molar-refractivity contribution in [2.24, 2.45) is 0 Å². The number of allylic oxidation sites excluding steroid dienone is 5. The quantitative estimate of drug-likeness (QED) is 0.147. The van der Waals surface area contributed by atoms with Gasteiger partial charge in [-0.05, 0) is 36.1 Å². The summed E-state index contributed by atoms with van der Waals surface area (Å²) in [5, 5.41) is 15.9. The van der Waals surface area contributed by atoms with Crippen LogP contribution in [0.2, 0.25) is 5.15 Å². The van der Waals surface area contributed by atoms with E-state index in [2.05, 4.69) is 30.6 Å². The van der Waals surface area contributed by atoms with Crippen molar-refractivity contribution in [3.63, 3.8) is 0 Å². The van der Waals surface area contributed by atoms with Gasteiger partial charge >= 0.3 is 0 Å². The smallest absolute Gasteiger partial charge is 0.276 e. The van der Waals surface area contributed by atoms with Crippen molar-refractivity contribution >= 4 is 29.4 Å². The van der Waals surface area contributed by atoms with Crippen molar-refractivity contribution in [3.8, 4) is 0 Å². The van der Waals surface area contributed by atoms with Gasteiger partial charge in [-0.3, -0.25) is 15.4 Å². The topological polar surface area (TPSA) is 113 Å². The Hall–Kier alpha value is -3.39. The maximum Gasteiger partial charge on any atom is 0.276 e. The van der Waals surface area contributed by atoms with E-state index < -0.39 is 5.91 Å². The van der Waals surface area contributed by atoms with E-state index in [0.29, 0.717) is 17.0 Å². The maximum absolute atomic E-state index is 12.8. The van der Waals surface area contributed by atoms with Crippen LogP contribution in [0, 0.1) is 0 Å². The number of nitrogens with one attached hydrogen (secondary N) is 2. The van der Waals surface area contributed by atoms with Gasteiger partial charge in [-0.25, -0.2) is 32.1 Å². The van der Waals surface area contributed by atoms with Crippen LogP contribution in [0.4, 0.5) is 11.9 Å². The molecule has 1 amide bonds. The summed E-state index contributed by atoms with van der Waals surface area (Å²) >= 11 is 6.05. The summed E-state index contributed by atoms with van der Waals surface area (Å²) in [7, 11) is 0. The molecule has 0 unspecified atom stereocenters. The van der Waals surface area contributed by atoms with Crippen LogP contribution in [0.1, 0.15) is 61.4 Å². The van der Waals surface area contributed by atoms with Crippen LogP contribution < -0.4 is 10.6 Å². The average molecular weight is 548 g/mol. The molecule has 10 heteroatoms. The molecule has 2 heterocycles. The summed E-state index contributed by atoms with van der Waals surface area (Å²) in [6.45, 7) is 7.83. The molecule has 0 atom stereocenters. The Balaban J connectivity index is 0.000000678. The zero-order chi connectivity index (χ0) is 25.4. The maximum atomic E-state index is 12.8. The van der Waals surface area contributed by atoms with E-state index in [1.54, 1.807) is 36.4 Å². The van der Waals surface area contributed by atoms with Gasteiger partial charge in [0.2, 0.25) is 11.9 Å². The summed E-state index contributed by atoms with van der Waals surface area (Å²) in [5.74, 6) is -0.241. The van der Waals surface area contributed by atoms with Crippen LogP contribution in [0.5, 0.6) is 0 Å². The van der Waals surface area contributed by atoms with Crippen LogP contribution in [-0.2, 0) is 17.1 Å². The Bertz CT molecular complexity index is 1220.